The highest BCUT2D eigenvalue weighted by Gasteiger charge is 2.08. The minimum absolute atomic E-state index is 0.264. The van der Waals surface area contributed by atoms with Gasteiger partial charge in [-0.3, -0.25) is 0 Å². The normalized spacial score (nSPS) is 12.6. The van der Waals surface area contributed by atoms with Crippen LogP contribution in [0.2, 0.25) is 0 Å². The summed E-state index contributed by atoms with van der Waals surface area (Å²) >= 11 is 0. The summed E-state index contributed by atoms with van der Waals surface area (Å²) in [5, 5.41) is 9.28. The lowest BCUT2D eigenvalue weighted by atomic mass is 10.1. The molecule has 0 aliphatic carbocycles. The predicted octanol–water partition coefficient (Wildman–Crippen LogP) is 1.91. The minimum Gasteiger partial charge on any atom is -0.497 e. The predicted molar refractivity (Wildman–Crippen MR) is 72.2 cm³/mol. The Hall–Kier alpha value is -1.26. The van der Waals surface area contributed by atoms with Crippen molar-refractivity contribution in [2.75, 3.05) is 27.8 Å². The van der Waals surface area contributed by atoms with Crippen molar-refractivity contribution in [1.29, 1.82) is 0 Å². The van der Waals surface area contributed by atoms with Crippen LogP contribution in [0.25, 0.3) is 0 Å². The first-order valence-electron chi connectivity index (χ1n) is 6.14. The number of methoxy groups -OCH3 is 2. The molecule has 0 aromatic heterocycles. The van der Waals surface area contributed by atoms with Gasteiger partial charge < -0.3 is 19.5 Å². The van der Waals surface area contributed by atoms with Crippen LogP contribution in [0.1, 0.15) is 18.9 Å². The molecular weight excluding hydrogens is 230 g/mol. The van der Waals surface area contributed by atoms with Crippen LogP contribution in [0.5, 0.6) is 11.5 Å². The molecule has 0 aliphatic rings. The van der Waals surface area contributed by atoms with Gasteiger partial charge in [-0.15, -0.1) is 0 Å². The van der Waals surface area contributed by atoms with E-state index in [1.54, 1.807) is 21.1 Å². The average Bonchev–Trinajstić information content (AvgIpc) is 2.36. The molecule has 0 bridgehead atoms. The van der Waals surface area contributed by atoms with Crippen molar-refractivity contribution < 1.29 is 14.6 Å². The largest absolute Gasteiger partial charge is 0.497 e. The molecule has 0 radical (unpaired) electrons. The fourth-order valence-corrected chi connectivity index (χ4v) is 1.78. The molecule has 1 unspecified atom stereocenters. The van der Waals surface area contributed by atoms with Gasteiger partial charge >= 0.3 is 0 Å². The number of nitrogens with zero attached hydrogens (tertiary/aromatic N) is 1. The molecule has 1 atom stereocenters. The summed E-state index contributed by atoms with van der Waals surface area (Å²) in [7, 11) is 5.35. The lowest BCUT2D eigenvalue weighted by Crippen LogP contribution is -2.22. The molecule has 0 aliphatic heterocycles. The van der Waals surface area contributed by atoms with Crippen molar-refractivity contribution in [2.24, 2.45) is 0 Å². The number of aliphatic hydroxyl groups is 1. The van der Waals surface area contributed by atoms with Crippen molar-refractivity contribution >= 4 is 0 Å². The molecule has 0 spiro atoms. The van der Waals surface area contributed by atoms with Crippen LogP contribution in [-0.4, -0.2) is 43.9 Å². The Morgan fingerprint density at radius 1 is 1.28 bits per heavy atom. The van der Waals surface area contributed by atoms with Crippen LogP contribution in [-0.2, 0) is 6.54 Å². The molecule has 18 heavy (non-hydrogen) atoms. The van der Waals surface area contributed by atoms with Gasteiger partial charge in [0.15, 0.2) is 0 Å². The molecule has 1 N–H and O–H groups in total. The molecule has 102 valence electrons. The molecular formula is C14H23NO3. The third kappa shape index (κ3) is 4.55. The van der Waals surface area contributed by atoms with E-state index in [1.807, 2.05) is 25.2 Å². The second kappa shape index (κ2) is 7.24. The number of benzene rings is 1. The van der Waals surface area contributed by atoms with Crippen LogP contribution >= 0.6 is 0 Å². The van der Waals surface area contributed by atoms with Crippen molar-refractivity contribution in [2.45, 2.75) is 26.0 Å². The quantitative estimate of drug-likeness (QED) is 0.806. The molecule has 0 saturated carbocycles. The Morgan fingerprint density at radius 3 is 2.56 bits per heavy atom. The monoisotopic (exact) mass is 253 g/mol. The maximum Gasteiger partial charge on any atom is 0.123 e. The highest BCUT2D eigenvalue weighted by atomic mass is 16.5. The molecule has 1 aromatic rings. The van der Waals surface area contributed by atoms with Gasteiger partial charge in [-0.05, 0) is 38.6 Å². The number of ether oxygens (including phenoxy) is 2. The fraction of sp³-hybridized carbons (Fsp3) is 0.571. The van der Waals surface area contributed by atoms with E-state index in [2.05, 4.69) is 4.90 Å². The Balaban J connectivity index is 2.69. The van der Waals surface area contributed by atoms with Gasteiger partial charge in [0.1, 0.15) is 11.5 Å². The zero-order chi connectivity index (χ0) is 13.5. The van der Waals surface area contributed by atoms with Gasteiger partial charge in [-0.1, -0.05) is 0 Å². The first-order chi connectivity index (χ1) is 8.56. The summed E-state index contributed by atoms with van der Waals surface area (Å²) in [6.45, 7) is 3.42. The van der Waals surface area contributed by atoms with E-state index in [4.69, 9.17) is 9.47 Å². The summed E-state index contributed by atoms with van der Waals surface area (Å²) < 4.78 is 10.6. The SMILES string of the molecule is COc1ccc(OC)c(CN(C)CCC(C)O)c1. The van der Waals surface area contributed by atoms with Gasteiger partial charge in [-0.25, -0.2) is 0 Å². The first-order valence-corrected chi connectivity index (χ1v) is 6.14. The molecule has 0 saturated heterocycles. The third-order valence-electron chi connectivity index (χ3n) is 2.86. The molecule has 1 rings (SSSR count). The van der Waals surface area contributed by atoms with Crippen LogP contribution < -0.4 is 9.47 Å². The van der Waals surface area contributed by atoms with Gasteiger partial charge in [-0.2, -0.15) is 0 Å². The molecule has 0 heterocycles. The summed E-state index contributed by atoms with van der Waals surface area (Å²) in [6, 6.07) is 5.78. The lowest BCUT2D eigenvalue weighted by Gasteiger charge is -2.19. The second-order valence-electron chi connectivity index (χ2n) is 4.55. The average molecular weight is 253 g/mol. The molecule has 0 fully saturated rings. The lowest BCUT2D eigenvalue weighted by molar-refractivity contribution is 0.162. The van der Waals surface area contributed by atoms with Crippen LogP contribution in [0, 0.1) is 0 Å². The maximum absolute atomic E-state index is 9.28. The summed E-state index contributed by atoms with van der Waals surface area (Å²) in [5.41, 5.74) is 1.09. The summed E-state index contributed by atoms with van der Waals surface area (Å²) in [5.74, 6) is 1.69. The zero-order valence-corrected chi connectivity index (χ0v) is 11.6. The van der Waals surface area contributed by atoms with Crippen molar-refractivity contribution in [3.05, 3.63) is 23.8 Å². The smallest absolute Gasteiger partial charge is 0.123 e. The highest BCUT2D eigenvalue weighted by molar-refractivity contribution is 5.40. The van der Waals surface area contributed by atoms with E-state index in [0.717, 1.165) is 36.6 Å². The van der Waals surface area contributed by atoms with Crippen LogP contribution in [0.4, 0.5) is 0 Å². The Bertz CT molecular complexity index is 366. The number of hydrogen-bond donors (Lipinski definition) is 1. The highest BCUT2D eigenvalue weighted by Crippen LogP contribution is 2.24. The number of hydrogen-bond acceptors (Lipinski definition) is 4. The molecule has 4 nitrogen and oxygen atoms in total. The van der Waals surface area contributed by atoms with E-state index >= 15 is 0 Å². The van der Waals surface area contributed by atoms with E-state index in [0.29, 0.717) is 0 Å². The Kier molecular flexibility index (Phi) is 5.95. The van der Waals surface area contributed by atoms with Crippen LogP contribution in [0.15, 0.2) is 18.2 Å². The summed E-state index contributed by atoms with van der Waals surface area (Å²) in [4.78, 5) is 2.16. The number of rotatable bonds is 7. The van der Waals surface area contributed by atoms with Gasteiger partial charge in [0.25, 0.3) is 0 Å². The van der Waals surface area contributed by atoms with Crippen molar-refractivity contribution in [3.8, 4) is 11.5 Å². The molecule has 1 aromatic carbocycles. The Morgan fingerprint density at radius 2 is 2.00 bits per heavy atom. The van der Waals surface area contributed by atoms with Crippen LogP contribution in [0.3, 0.4) is 0 Å². The molecule has 0 amide bonds. The van der Waals surface area contributed by atoms with Gasteiger partial charge in [0, 0.05) is 18.7 Å². The third-order valence-corrected chi connectivity index (χ3v) is 2.86. The number of aliphatic hydroxyl groups excluding tert-OH is 1. The summed E-state index contributed by atoms with van der Waals surface area (Å²) in [6.07, 6.45) is 0.502. The Labute approximate surface area is 109 Å². The topological polar surface area (TPSA) is 41.9 Å². The van der Waals surface area contributed by atoms with Crippen molar-refractivity contribution in [3.63, 3.8) is 0 Å². The fourth-order valence-electron chi connectivity index (χ4n) is 1.78. The van der Waals surface area contributed by atoms with E-state index in [9.17, 15) is 5.11 Å². The van der Waals surface area contributed by atoms with E-state index in [1.165, 1.54) is 0 Å². The zero-order valence-electron chi connectivity index (χ0n) is 11.6. The first kappa shape index (κ1) is 14.8. The van der Waals surface area contributed by atoms with E-state index < -0.39 is 0 Å². The van der Waals surface area contributed by atoms with Gasteiger partial charge in [0.05, 0.1) is 20.3 Å². The maximum atomic E-state index is 9.28. The van der Waals surface area contributed by atoms with Gasteiger partial charge in [0.2, 0.25) is 0 Å². The standard InChI is InChI=1S/C14H23NO3/c1-11(16)7-8-15(2)10-12-9-13(17-3)5-6-14(12)18-4/h5-6,9,11,16H,7-8,10H2,1-4H3. The van der Waals surface area contributed by atoms with E-state index in [-0.39, 0.29) is 6.10 Å². The minimum atomic E-state index is -0.264. The molecule has 4 heteroatoms. The van der Waals surface area contributed by atoms with Crippen molar-refractivity contribution in [1.82, 2.24) is 4.90 Å². The second-order valence-corrected chi connectivity index (χ2v) is 4.55.